The molecular weight excluding hydrogens is 210 g/mol. The van der Waals surface area contributed by atoms with Crippen LogP contribution in [0.5, 0.6) is 0 Å². The topological polar surface area (TPSA) is 75.6 Å². The van der Waals surface area contributed by atoms with Crippen molar-refractivity contribution in [2.24, 2.45) is 11.8 Å². The van der Waals surface area contributed by atoms with Crippen LogP contribution in [0.3, 0.4) is 0 Å². The summed E-state index contributed by atoms with van der Waals surface area (Å²) in [5.41, 5.74) is 0. The molecule has 16 heavy (non-hydrogen) atoms. The number of amides is 1. The van der Waals surface area contributed by atoms with Gasteiger partial charge < -0.3 is 15.2 Å². The summed E-state index contributed by atoms with van der Waals surface area (Å²) in [5, 5.41) is 11.2. The van der Waals surface area contributed by atoms with E-state index in [1.54, 1.807) is 0 Å². The Morgan fingerprint density at radius 2 is 1.81 bits per heavy atom. The molecule has 0 aromatic heterocycles. The van der Waals surface area contributed by atoms with Crippen molar-refractivity contribution in [3.05, 3.63) is 0 Å². The zero-order valence-corrected chi connectivity index (χ0v) is 10.1. The van der Waals surface area contributed by atoms with E-state index in [0.29, 0.717) is 0 Å². The lowest BCUT2D eigenvalue weighted by Gasteiger charge is -2.19. The lowest BCUT2D eigenvalue weighted by atomic mass is 9.88. The van der Waals surface area contributed by atoms with E-state index in [-0.39, 0.29) is 30.0 Å². The van der Waals surface area contributed by atoms with Crippen molar-refractivity contribution in [1.29, 1.82) is 0 Å². The van der Waals surface area contributed by atoms with Crippen molar-refractivity contribution in [1.82, 2.24) is 5.32 Å². The molecule has 5 heteroatoms. The van der Waals surface area contributed by atoms with E-state index in [2.05, 4.69) is 5.32 Å². The normalized spacial score (nSPS) is 35.8. The highest BCUT2D eigenvalue weighted by atomic mass is 16.5. The molecule has 2 N–H and O–H groups in total. The highest BCUT2D eigenvalue weighted by Crippen LogP contribution is 2.32. The minimum Gasteiger partial charge on any atom is -0.480 e. The van der Waals surface area contributed by atoms with E-state index < -0.39 is 12.0 Å². The minimum atomic E-state index is -1.03. The van der Waals surface area contributed by atoms with Gasteiger partial charge in [-0.2, -0.15) is 0 Å². The Kier molecular flexibility index (Phi) is 3.91. The van der Waals surface area contributed by atoms with Crippen molar-refractivity contribution in [3.8, 4) is 0 Å². The summed E-state index contributed by atoms with van der Waals surface area (Å²) in [4.78, 5) is 22.5. The molecule has 0 bridgehead atoms. The third-order valence-electron chi connectivity index (χ3n) is 3.27. The van der Waals surface area contributed by atoms with Gasteiger partial charge in [0.2, 0.25) is 5.91 Å². The molecule has 0 aliphatic carbocycles. The Balaban J connectivity index is 2.64. The number of carbonyl (C=O) groups excluding carboxylic acids is 1. The molecule has 1 aliphatic heterocycles. The van der Waals surface area contributed by atoms with Crippen LogP contribution in [0.15, 0.2) is 0 Å². The van der Waals surface area contributed by atoms with Crippen molar-refractivity contribution >= 4 is 11.9 Å². The Morgan fingerprint density at radius 1 is 1.25 bits per heavy atom. The van der Waals surface area contributed by atoms with Crippen LogP contribution in [0, 0.1) is 11.8 Å². The molecule has 1 amide bonds. The summed E-state index contributed by atoms with van der Waals surface area (Å²) in [6.07, 6.45) is -0.128. The third kappa shape index (κ3) is 2.52. The first-order valence-corrected chi connectivity index (χ1v) is 5.53. The number of hydrogen-bond acceptors (Lipinski definition) is 3. The number of rotatable bonds is 3. The van der Waals surface area contributed by atoms with Gasteiger partial charge in [0.1, 0.15) is 6.04 Å². The van der Waals surface area contributed by atoms with Gasteiger partial charge >= 0.3 is 5.97 Å². The summed E-state index contributed by atoms with van der Waals surface area (Å²) in [5.74, 6) is -1.42. The number of carbonyl (C=O) groups is 2. The predicted molar refractivity (Wildman–Crippen MR) is 57.9 cm³/mol. The summed E-state index contributed by atoms with van der Waals surface area (Å²) >= 11 is 0. The SMILES string of the molecule is CC(NC(=O)C1C(C)OC(C)C1C)C(=O)O. The summed E-state index contributed by atoms with van der Waals surface area (Å²) < 4.78 is 5.54. The van der Waals surface area contributed by atoms with Gasteiger partial charge in [-0.3, -0.25) is 9.59 Å². The van der Waals surface area contributed by atoms with Crippen molar-refractivity contribution in [2.45, 2.75) is 45.9 Å². The average molecular weight is 229 g/mol. The number of hydrogen-bond donors (Lipinski definition) is 2. The van der Waals surface area contributed by atoms with Crippen LogP contribution in [-0.2, 0) is 14.3 Å². The largest absolute Gasteiger partial charge is 0.480 e. The Hall–Kier alpha value is -1.10. The maximum Gasteiger partial charge on any atom is 0.325 e. The predicted octanol–water partition coefficient (Wildman–Crippen LogP) is 0.635. The Labute approximate surface area is 95.2 Å². The number of nitrogens with one attached hydrogen (secondary N) is 1. The molecule has 0 radical (unpaired) electrons. The van der Waals surface area contributed by atoms with E-state index in [1.165, 1.54) is 6.92 Å². The van der Waals surface area contributed by atoms with Crippen LogP contribution in [0.4, 0.5) is 0 Å². The van der Waals surface area contributed by atoms with Crippen molar-refractivity contribution in [2.75, 3.05) is 0 Å². The molecule has 5 unspecified atom stereocenters. The summed E-state index contributed by atoms with van der Waals surface area (Å²) in [6, 6.07) is -0.859. The van der Waals surface area contributed by atoms with Gasteiger partial charge in [-0.1, -0.05) is 6.92 Å². The molecule has 0 aromatic rings. The van der Waals surface area contributed by atoms with Crippen molar-refractivity contribution in [3.63, 3.8) is 0 Å². The maximum atomic E-state index is 11.9. The van der Waals surface area contributed by atoms with Crippen molar-refractivity contribution < 1.29 is 19.4 Å². The van der Waals surface area contributed by atoms with Gasteiger partial charge in [0, 0.05) is 0 Å². The molecule has 5 nitrogen and oxygen atoms in total. The molecule has 1 heterocycles. The van der Waals surface area contributed by atoms with E-state index in [1.807, 2.05) is 20.8 Å². The number of ether oxygens (including phenoxy) is 1. The Bertz CT molecular complexity index is 292. The standard InChI is InChI=1S/C11H19NO4/c1-5-7(3)16-8(4)9(5)10(13)12-6(2)11(14)15/h5-9H,1-4H3,(H,12,13)(H,14,15). The van der Waals surface area contributed by atoms with Crippen LogP contribution >= 0.6 is 0 Å². The van der Waals surface area contributed by atoms with E-state index in [0.717, 1.165) is 0 Å². The second-order valence-electron chi connectivity index (χ2n) is 4.50. The number of carboxylic acids is 1. The highest BCUT2D eigenvalue weighted by Gasteiger charge is 2.42. The molecule has 1 fully saturated rings. The summed E-state index contributed by atoms with van der Waals surface area (Å²) in [7, 11) is 0. The fraction of sp³-hybridized carbons (Fsp3) is 0.818. The first-order valence-electron chi connectivity index (χ1n) is 5.53. The molecule has 92 valence electrons. The number of aliphatic carboxylic acids is 1. The quantitative estimate of drug-likeness (QED) is 0.744. The van der Waals surface area contributed by atoms with E-state index >= 15 is 0 Å². The zero-order chi connectivity index (χ0) is 12.5. The molecule has 0 aromatic carbocycles. The lowest BCUT2D eigenvalue weighted by Crippen LogP contribution is -2.44. The van der Waals surface area contributed by atoms with Crippen LogP contribution < -0.4 is 5.32 Å². The van der Waals surface area contributed by atoms with Crippen LogP contribution in [-0.4, -0.2) is 35.2 Å². The van der Waals surface area contributed by atoms with E-state index in [9.17, 15) is 9.59 Å². The zero-order valence-electron chi connectivity index (χ0n) is 10.1. The first kappa shape index (κ1) is 13.0. The minimum absolute atomic E-state index is 0.0332. The second-order valence-corrected chi connectivity index (χ2v) is 4.50. The molecule has 0 saturated carbocycles. The van der Waals surface area contributed by atoms with Gasteiger partial charge in [-0.15, -0.1) is 0 Å². The maximum absolute atomic E-state index is 11.9. The van der Waals surface area contributed by atoms with Crippen LogP contribution in [0.2, 0.25) is 0 Å². The number of carboxylic acid groups (broad SMARTS) is 1. The lowest BCUT2D eigenvalue weighted by molar-refractivity contribution is -0.142. The summed E-state index contributed by atoms with van der Waals surface area (Å²) in [6.45, 7) is 7.17. The first-order chi connectivity index (χ1) is 7.34. The molecule has 1 saturated heterocycles. The fourth-order valence-electron chi connectivity index (χ4n) is 2.09. The second kappa shape index (κ2) is 4.82. The smallest absolute Gasteiger partial charge is 0.325 e. The molecule has 5 atom stereocenters. The van der Waals surface area contributed by atoms with Gasteiger partial charge in [0.25, 0.3) is 0 Å². The van der Waals surface area contributed by atoms with Gasteiger partial charge in [-0.05, 0) is 26.7 Å². The Morgan fingerprint density at radius 3 is 2.19 bits per heavy atom. The van der Waals surface area contributed by atoms with Gasteiger partial charge in [0.05, 0.1) is 18.1 Å². The average Bonchev–Trinajstić information content (AvgIpc) is 2.40. The third-order valence-corrected chi connectivity index (χ3v) is 3.27. The molecule has 0 spiro atoms. The van der Waals surface area contributed by atoms with E-state index in [4.69, 9.17) is 9.84 Å². The van der Waals surface area contributed by atoms with Crippen LogP contribution in [0.1, 0.15) is 27.7 Å². The molecule has 1 rings (SSSR count). The molecule has 1 aliphatic rings. The van der Waals surface area contributed by atoms with Crippen LogP contribution in [0.25, 0.3) is 0 Å². The highest BCUT2D eigenvalue weighted by molar-refractivity contribution is 5.85. The fourth-order valence-corrected chi connectivity index (χ4v) is 2.09. The molecular formula is C11H19NO4. The van der Waals surface area contributed by atoms with Gasteiger partial charge in [-0.25, -0.2) is 0 Å². The monoisotopic (exact) mass is 229 g/mol. The van der Waals surface area contributed by atoms with Gasteiger partial charge in [0.15, 0.2) is 0 Å².